The summed E-state index contributed by atoms with van der Waals surface area (Å²) in [5.41, 5.74) is 6.37. The zero-order valence-corrected chi connectivity index (χ0v) is 10.4. The van der Waals surface area contributed by atoms with E-state index in [4.69, 9.17) is 5.73 Å². The monoisotopic (exact) mass is 238 g/mol. The van der Waals surface area contributed by atoms with Crippen LogP contribution in [0.1, 0.15) is 31.9 Å². The lowest BCUT2D eigenvalue weighted by Gasteiger charge is -2.39. The molecule has 0 spiro atoms. The average molecular weight is 238 g/mol. The number of piperidine rings is 1. The summed E-state index contributed by atoms with van der Waals surface area (Å²) in [5.74, 6) is 0.0829. The van der Waals surface area contributed by atoms with Crippen LogP contribution in [0.5, 0.6) is 0 Å². The molecule has 2 atom stereocenters. The lowest BCUT2D eigenvalue weighted by Crippen LogP contribution is -2.50. The molecule has 17 heavy (non-hydrogen) atoms. The molecule has 1 aromatic heterocycles. The molecule has 0 radical (unpaired) electrons. The average Bonchev–Trinajstić information content (AvgIpc) is 2.33. The van der Waals surface area contributed by atoms with Crippen LogP contribution in [0.4, 0.5) is 10.2 Å². The van der Waals surface area contributed by atoms with Crippen LogP contribution in [0.3, 0.4) is 0 Å². The number of rotatable bonds is 2. The van der Waals surface area contributed by atoms with Gasteiger partial charge in [-0.2, -0.15) is 0 Å². The van der Waals surface area contributed by atoms with Gasteiger partial charge in [-0.25, -0.2) is 14.4 Å². The Morgan fingerprint density at radius 1 is 1.47 bits per heavy atom. The fourth-order valence-electron chi connectivity index (χ4n) is 2.41. The van der Waals surface area contributed by atoms with E-state index in [9.17, 15) is 4.39 Å². The van der Waals surface area contributed by atoms with Crippen LogP contribution in [-0.4, -0.2) is 28.6 Å². The van der Waals surface area contributed by atoms with Crippen LogP contribution in [0.15, 0.2) is 6.33 Å². The number of hydrogen-bond donors (Lipinski definition) is 1. The second kappa shape index (κ2) is 4.96. The number of aryl methyl sites for hydroxylation is 1. The lowest BCUT2D eigenvalue weighted by molar-refractivity contribution is 0.404. The van der Waals surface area contributed by atoms with Crippen molar-refractivity contribution in [1.29, 1.82) is 0 Å². The number of aromatic nitrogens is 2. The molecule has 1 fully saturated rings. The normalized spacial score (nSPS) is 22.6. The van der Waals surface area contributed by atoms with E-state index in [1.54, 1.807) is 6.92 Å². The van der Waals surface area contributed by atoms with Crippen LogP contribution < -0.4 is 10.6 Å². The third-order valence-corrected chi connectivity index (χ3v) is 3.37. The molecular formula is C12H19FN4. The minimum Gasteiger partial charge on any atom is -0.350 e. The fraction of sp³-hybridized carbons (Fsp3) is 0.667. The Balaban J connectivity index is 2.33. The molecule has 0 saturated carbocycles. The Bertz CT molecular complexity index is 394. The van der Waals surface area contributed by atoms with Gasteiger partial charge in [-0.1, -0.05) is 0 Å². The molecule has 2 N–H and O–H groups in total. The smallest absolute Gasteiger partial charge is 0.186 e. The Labute approximate surface area is 101 Å². The van der Waals surface area contributed by atoms with Crippen LogP contribution in [0.2, 0.25) is 0 Å². The van der Waals surface area contributed by atoms with Crippen molar-refractivity contribution < 1.29 is 4.39 Å². The summed E-state index contributed by atoms with van der Waals surface area (Å²) >= 11 is 0. The van der Waals surface area contributed by atoms with Crippen LogP contribution in [0, 0.1) is 12.7 Å². The van der Waals surface area contributed by atoms with Gasteiger partial charge in [0.2, 0.25) is 0 Å². The summed E-state index contributed by atoms with van der Waals surface area (Å²) in [4.78, 5) is 9.94. The Hall–Kier alpha value is -1.23. The molecular weight excluding hydrogens is 219 g/mol. The molecule has 0 amide bonds. The highest BCUT2D eigenvalue weighted by Gasteiger charge is 2.28. The van der Waals surface area contributed by atoms with Gasteiger partial charge in [0.1, 0.15) is 6.33 Å². The Morgan fingerprint density at radius 3 is 2.94 bits per heavy atom. The van der Waals surface area contributed by atoms with E-state index in [2.05, 4.69) is 9.97 Å². The molecule has 0 bridgehead atoms. The standard InChI is InChI=1S/C12H19FN4/c1-8(14)10-5-3-4-6-17(10)12-11(13)9(2)15-7-16-12/h7-8,10H,3-6,14H2,1-2H3. The maximum Gasteiger partial charge on any atom is 0.186 e. The molecule has 2 rings (SSSR count). The van der Waals surface area contributed by atoms with Crippen LogP contribution in [-0.2, 0) is 0 Å². The van der Waals surface area contributed by atoms with E-state index in [1.807, 2.05) is 11.8 Å². The Morgan fingerprint density at radius 2 is 2.24 bits per heavy atom. The molecule has 1 saturated heterocycles. The first-order valence-electron chi connectivity index (χ1n) is 6.10. The van der Waals surface area contributed by atoms with Gasteiger partial charge in [0.05, 0.1) is 5.69 Å². The van der Waals surface area contributed by atoms with Crippen molar-refractivity contribution in [3.05, 3.63) is 17.8 Å². The van der Waals surface area contributed by atoms with Gasteiger partial charge in [-0.3, -0.25) is 0 Å². The number of nitrogens with two attached hydrogens (primary N) is 1. The maximum atomic E-state index is 14.0. The first kappa shape index (κ1) is 12.2. The summed E-state index contributed by atoms with van der Waals surface area (Å²) < 4.78 is 14.0. The third-order valence-electron chi connectivity index (χ3n) is 3.37. The zero-order chi connectivity index (χ0) is 12.4. The molecule has 94 valence electrons. The van der Waals surface area contributed by atoms with Crippen LogP contribution in [0.25, 0.3) is 0 Å². The van der Waals surface area contributed by atoms with Gasteiger partial charge < -0.3 is 10.6 Å². The van der Waals surface area contributed by atoms with E-state index in [0.29, 0.717) is 11.5 Å². The molecule has 5 heteroatoms. The fourth-order valence-corrected chi connectivity index (χ4v) is 2.41. The van der Waals surface area contributed by atoms with Crippen molar-refractivity contribution in [2.45, 2.75) is 45.2 Å². The highest BCUT2D eigenvalue weighted by Crippen LogP contribution is 2.27. The number of halogens is 1. The van der Waals surface area contributed by atoms with Gasteiger partial charge in [-0.05, 0) is 33.1 Å². The van der Waals surface area contributed by atoms with E-state index < -0.39 is 0 Å². The van der Waals surface area contributed by atoms with Crippen molar-refractivity contribution in [2.75, 3.05) is 11.4 Å². The molecule has 1 aliphatic heterocycles. The van der Waals surface area contributed by atoms with Crippen LogP contribution >= 0.6 is 0 Å². The van der Waals surface area contributed by atoms with E-state index in [-0.39, 0.29) is 17.9 Å². The minimum absolute atomic E-state index is 0.0185. The van der Waals surface area contributed by atoms with Crippen molar-refractivity contribution >= 4 is 5.82 Å². The molecule has 1 aromatic rings. The van der Waals surface area contributed by atoms with Gasteiger partial charge in [0.25, 0.3) is 0 Å². The van der Waals surface area contributed by atoms with Gasteiger partial charge >= 0.3 is 0 Å². The summed E-state index contributed by atoms with van der Waals surface area (Å²) in [7, 11) is 0. The molecule has 2 unspecified atom stereocenters. The SMILES string of the molecule is Cc1ncnc(N2CCCCC2C(C)N)c1F. The first-order chi connectivity index (χ1) is 8.11. The number of anilines is 1. The third kappa shape index (κ3) is 2.39. The Kier molecular flexibility index (Phi) is 3.57. The summed E-state index contributed by atoms with van der Waals surface area (Å²) in [6.45, 7) is 4.44. The van der Waals surface area contributed by atoms with Crippen molar-refractivity contribution in [3.63, 3.8) is 0 Å². The van der Waals surface area contributed by atoms with Gasteiger partial charge in [-0.15, -0.1) is 0 Å². The molecule has 4 nitrogen and oxygen atoms in total. The van der Waals surface area contributed by atoms with Gasteiger partial charge in [0.15, 0.2) is 11.6 Å². The predicted octanol–water partition coefficient (Wildman–Crippen LogP) is 1.63. The lowest BCUT2D eigenvalue weighted by atomic mass is 9.97. The van der Waals surface area contributed by atoms with Gasteiger partial charge in [0, 0.05) is 18.6 Å². The van der Waals surface area contributed by atoms with Crippen molar-refractivity contribution in [1.82, 2.24) is 9.97 Å². The van der Waals surface area contributed by atoms with Crippen molar-refractivity contribution in [2.24, 2.45) is 5.73 Å². The second-order valence-electron chi connectivity index (χ2n) is 4.71. The number of nitrogens with zero attached hydrogens (tertiary/aromatic N) is 3. The molecule has 1 aliphatic rings. The first-order valence-corrected chi connectivity index (χ1v) is 6.10. The van der Waals surface area contributed by atoms with E-state index in [1.165, 1.54) is 6.33 Å². The largest absolute Gasteiger partial charge is 0.350 e. The zero-order valence-electron chi connectivity index (χ0n) is 10.4. The molecule has 2 heterocycles. The quantitative estimate of drug-likeness (QED) is 0.851. The summed E-state index contributed by atoms with van der Waals surface area (Å²) in [6.07, 6.45) is 4.63. The predicted molar refractivity (Wildman–Crippen MR) is 65.4 cm³/mol. The highest BCUT2D eigenvalue weighted by atomic mass is 19.1. The van der Waals surface area contributed by atoms with E-state index in [0.717, 1.165) is 25.8 Å². The topological polar surface area (TPSA) is 55.0 Å². The summed E-state index contributed by atoms with van der Waals surface area (Å²) in [5, 5.41) is 0. The maximum absolute atomic E-state index is 14.0. The number of hydrogen-bond acceptors (Lipinski definition) is 4. The van der Waals surface area contributed by atoms with E-state index >= 15 is 0 Å². The molecule has 0 aliphatic carbocycles. The molecule has 0 aromatic carbocycles. The minimum atomic E-state index is -0.319. The summed E-state index contributed by atoms with van der Waals surface area (Å²) in [6, 6.07) is 0.192. The highest BCUT2D eigenvalue weighted by molar-refractivity contribution is 5.43. The second-order valence-corrected chi connectivity index (χ2v) is 4.71. The van der Waals surface area contributed by atoms with Crippen molar-refractivity contribution in [3.8, 4) is 0 Å².